The standard InChI is InChI=1S/C13H16ClN5/c1-4-7(2)8(3)12-9(5-15)11(14)10-6-17-13(16)18-19(10)12/h6-8H,4H2,1-3H3,(H2,16,18). The number of nitriles is 1. The van der Waals surface area contributed by atoms with E-state index in [4.69, 9.17) is 17.3 Å². The molecule has 0 aliphatic rings. The number of hydrogen-bond donors (Lipinski definition) is 1. The van der Waals surface area contributed by atoms with Crippen LogP contribution in [-0.2, 0) is 0 Å². The zero-order valence-electron chi connectivity index (χ0n) is 11.2. The fourth-order valence-corrected chi connectivity index (χ4v) is 2.46. The lowest BCUT2D eigenvalue weighted by molar-refractivity contribution is 0.458. The molecular weight excluding hydrogens is 262 g/mol. The molecular formula is C13H16ClN5. The van der Waals surface area contributed by atoms with Crippen molar-refractivity contribution in [1.82, 2.24) is 14.6 Å². The second kappa shape index (κ2) is 5.06. The van der Waals surface area contributed by atoms with Gasteiger partial charge in [0, 0.05) is 5.92 Å². The van der Waals surface area contributed by atoms with Crippen LogP contribution in [-0.4, -0.2) is 14.6 Å². The molecule has 0 aliphatic heterocycles. The van der Waals surface area contributed by atoms with Gasteiger partial charge in [-0.3, -0.25) is 0 Å². The lowest BCUT2D eigenvalue weighted by Gasteiger charge is -2.18. The van der Waals surface area contributed by atoms with E-state index in [2.05, 4.69) is 36.9 Å². The Morgan fingerprint density at radius 1 is 1.53 bits per heavy atom. The number of fused-ring (bicyclic) bond motifs is 1. The summed E-state index contributed by atoms with van der Waals surface area (Å²) in [5.74, 6) is 0.743. The smallest absolute Gasteiger partial charge is 0.238 e. The van der Waals surface area contributed by atoms with Gasteiger partial charge in [-0.1, -0.05) is 38.8 Å². The van der Waals surface area contributed by atoms with Crippen molar-refractivity contribution in [3.8, 4) is 6.07 Å². The summed E-state index contributed by atoms with van der Waals surface area (Å²) in [6.45, 7) is 6.34. The maximum Gasteiger partial charge on any atom is 0.238 e. The number of nitrogen functional groups attached to an aromatic ring is 1. The predicted molar refractivity (Wildman–Crippen MR) is 75.0 cm³/mol. The molecule has 0 saturated carbocycles. The van der Waals surface area contributed by atoms with E-state index in [0.29, 0.717) is 22.0 Å². The normalized spacial score (nSPS) is 14.3. The highest BCUT2D eigenvalue weighted by molar-refractivity contribution is 6.35. The molecule has 0 spiro atoms. The van der Waals surface area contributed by atoms with Crippen LogP contribution in [0.4, 0.5) is 5.95 Å². The van der Waals surface area contributed by atoms with Crippen molar-refractivity contribution < 1.29 is 0 Å². The van der Waals surface area contributed by atoms with Crippen LogP contribution in [0.1, 0.15) is 44.4 Å². The van der Waals surface area contributed by atoms with Crippen LogP contribution in [0.15, 0.2) is 6.20 Å². The Bertz CT molecular complexity index is 655. The highest BCUT2D eigenvalue weighted by Gasteiger charge is 2.25. The fraction of sp³-hybridized carbons (Fsp3) is 0.462. The molecule has 0 saturated heterocycles. The van der Waals surface area contributed by atoms with Crippen molar-refractivity contribution in [3.05, 3.63) is 22.5 Å². The number of rotatable bonds is 3. The molecule has 2 atom stereocenters. The molecule has 2 heterocycles. The highest BCUT2D eigenvalue weighted by Crippen LogP contribution is 2.35. The van der Waals surface area contributed by atoms with E-state index in [1.54, 1.807) is 10.7 Å². The number of nitrogens with two attached hydrogens (primary N) is 1. The van der Waals surface area contributed by atoms with E-state index in [0.717, 1.165) is 12.1 Å². The molecule has 2 aromatic rings. The minimum Gasteiger partial charge on any atom is -0.367 e. The van der Waals surface area contributed by atoms with Crippen molar-refractivity contribution in [2.24, 2.45) is 5.92 Å². The minimum atomic E-state index is 0.161. The summed E-state index contributed by atoms with van der Waals surface area (Å²) < 4.78 is 1.65. The molecule has 6 heteroatoms. The molecule has 2 unspecified atom stereocenters. The van der Waals surface area contributed by atoms with Gasteiger partial charge in [0.2, 0.25) is 5.95 Å². The molecule has 2 aromatic heterocycles. The van der Waals surface area contributed by atoms with E-state index in [9.17, 15) is 5.26 Å². The van der Waals surface area contributed by atoms with Crippen molar-refractivity contribution >= 4 is 23.1 Å². The summed E-state index contributed by atoms with van der Waals surface area (Å²) in [7, 11) is 0. The predicted octanol–water partition coefficient (Wildman–Crippen LogP) is 2.99. The largest absolute Gasteiger partial charge is 0.367 e. The number of halogens is 1. The summed E-state index contributed by atoms with van der Waals surface area (Å²) in [5, 5.41) is 13.9. The third-order valence-corrected chi connectivity index (χ3v) is 4.10. The van der Waals surface area contributed by atoms with Crippen LogP contribution in [0, 0.1) is 17.2 Å². The summed E-state index contributed by atoms with van der Waals surface area (Å²) in [6.07, 6.45) is 2.57. The van der Waals surface area contributed by atoms with E-state index >= 15 is 0 Å². The van der Waals surface area contributed by atoms with Gasteiger partial charge in [0.05, 0.1) is 22.5 Å². The van der Waals surface area contributed by atoms with Crippen molar-refractivity contribution in [2.75, 3.05) is 5.73 Å². The molecule has 0 amide bonds. The van der Waals surface area contributed by atoms with E-state index in [-0.39, 0.29) is 11.9 Å². The van der Waals surface area contributed by atoms with Crippen molar-refractivity contribution in [2.45, 2.75) is 33.1 Å². The van der Waals surface area contributed by atoms with Crippen LogP contribution >= 0.6 is 11.6 Å². The fourth-order valence-electron chi connectivity index (χ4n) is 2.19. The maximum absolute atomic E-state index is 9.35. The van der Waals surface area contributed by atoms with Crippen molar-refractivity contribution in [3.63, 3.8) is 0 Å². The van der Waals surface area contributed by atoms with Gasteiger partial charge in [-0.05, 0) is 5.92 Å². The Morgan fingerprint density at radius 2 is 2.21 bits per heavy atom. The van der Waals surface area contributed by atoms with Crippen molar-refractivity contribution in [1.29, 1.82) is 5.26 Å². The zero-order chi connectivity index (χ0) is 14.2. The van der Waals surface area contributed by atoms with Gasteiger partial charge >= 0.3 is 0 Å². The molecule has 0 radical (unpaired) electrons. The van der Waals surface area contributed by atoms with Gasteiger partial charge in [-0.2, -0.15) is 5.26 Å². The topological polar surface area (TPSA) is 80.0 Å². The highest BCUT2D eigenvalue weighted by atomic mass is 35.5. The van der Waals surface area contributed by atoms with Gasteiger partial charge in [0.25, 0.3) is 0 Å². The van der Waals surface area contributed by atoms with E-state index in [1.165, 1.54) is 0 Å². The van der Waals surface area contributed by atoms with E-state index in [1.807, 2.05) is 0 Å². The zero-order valence-corrected chi connectivity index (χ0v) is 11.9. The Labute approximate surface area is 117 Å². The lowest BCUT2D eigenvalue weighted by Crippen LogP contribution is -2.12. The minimum absolute atomic E-state index is 0.161. The van der Waals surface area contributed by atoms with Gasteiger partial charge in [0.15, 0.2) is 0 Å². The third kappa shape index (κ3) is 2.13. The summed E-state index contributed by atoms with van der Waals surface area (Å²) in [4.78, 5) is 3.93. The Morgan fingerprint density at radius 3 is 2.79 bits per heavy atom. The first kappa shape index (κ1) is 13.6. The molecule has 0 aromatic carbocycles. The first-order valence-corrected chi connectivity index (χ1v) is 6.61. The lowest BCUT2D eigenvalue weighted by atomic mass is 9.89. The number of hydrogen-bond acceptors (Lipinski definition) is 4. The molecule has 100 valence electrons. The average molecular weight is 278 g/mol. The second-order valence-electron chi connectivity index (χ2n) is 4.77. The molecule has 2 N–H and O–H groups in total. The number of anilines is 1. The summed E-state index contributed by atoms with van der Waals surface area (Å²) in [6, 6.07) is 2.17. The van der Waals surface area contributed by atoms with Crippen LogP contribution in [0.25, 0.3) is 5.52 Å². The van der Waals surface area contributed by atoms with Gasteiger partial charge < -0.3 is 5.73 Å². The molecule has 0 aliphatic carbocycles. The van der Waals surface area contributed by atoms with Gasteiger partial charge in [0.1, 0.15) is 11.6 Å². The number of nitrogens with zero attached hydrogens (tertiary/aromatic N) is 4. The van der Waals surface area contributed by atoms with Gasteiger partial charge in [-0.15, -0.1) is 5.10 Å². The summed E-state index contributed by atoms with van der Waals surface area (Å²) in [5.41, 5.74) is 7.53. The molecule has 0 fully saturated rings. The average Bonchev–Trinajstić information content (AvgIpc) is 2.68. The Balaban J connectivity index is 2.77. The quantitative estimate of drug-likeness (QED) is 0.935. The van der Waals surface area contributed by atoms with Crippen LogP contribution in [0.2, 0.25) is 5.02 Å². The third-order valence-electron chi connectivity index (χ3n) is 3.72. The first-order valence-electron chi connectivity index (χ1n) is 6.23. The maximum atomic E-state index is 9.35. The number of aromatic nitrogens is 3. The monoisotopic (exact) mass is 277 g/mol. The second-order valence-corrected chi connectivity index (χ2v) is 5.15. The SMILES string of the molecule is CCC(C)C(C)c1c(C#N)c(Cl)c2cnc(N)nn12. The molecule has 2 rings (SSSR count). The summed E-state index contributed by atoms with van der Waals surface area (Å²) >= 11 is 6.24. The first-order chi connectivity index (χ1) is 9.01. The van der Waals surface area contributed by atoms with Crippen LogP contribution < -0.4 is 5.73 Å². The van der Waals surface area contributed by atoms with Crippen LogP contribution in [0.3, 0.4) is 0 Å². The van der Waals surface area contributed by atoms with E-state index < -0.39 is 0 Å². The molecule has 0 bridgehead atoms. The Hall–Kier alpha value is -1.80. The van der Waals surface area contributed by atoms with Gasteiger partial charge in [-0.25, -0.2) is 9.50 Å². The molecule has 19 heavy (non-hydrogen) atoms. The molecule has 5 nitrogen and oxygen atoms in total. The van der Waals surface area contributed by atoms with Crippen LogP contribution in [0.5, 0.6) is 0 Å². The Kier molecular flexibility index (Phi) is 3.63.